The van der Waals surface area contributed by atoms with Gasteiger partial charge in [-0.1, -0.05) is 6.07 Å². The van der Waals surface area contributed by atoms with Crippen LogP contribution in [0.25, 0.3) is 0 Å². The number of hydrogen-bond acceptors (Lipinski definition) is 8. The van der Waals surface area contributed by atoms with Crippen molar-refractivity contribution in [3.05, 3.63) is 47.5 Å². The molecule has 28 heavy (non-hydrogen) atoms. The van der Waals surface area contributed by atoms with Crippen LogP contribution in [0.4, 0.5) is 22.7 Å². The summed E-state index contributed by atoms with van der Waals surface area (Å²) >= 11 is 0. The van der Waals surface area contributed by atoms with Gasteiger partial charge < -0.3 is 42.1 Å². The molecule has 0 saturated heterocycles. The van der Waals surface area contributed by atoms with Crippen LogP contribution in [0.15, 0.2) is 36.4 Å². The first kappa shape index (κ1) is 21.8. The molecule has 9 N–H and O–H groups in total. The number of nitrogens with one attached hydrogen (secondary N) is 1. The van der Waals surface area contributed by atoms with Gasteiger partial charge in [0.2, 0.25) is 0 Å². The molecule has 0 bridgehead atoms. The van der Waals surface area contributed by atoms with Crippen LogP contribution in [-0.4, -0.2) is 53.0 Å². The number of rotatable bonds is 11. The summed E-state index contributed by atoms with van der Waals surface area (Å²) in [5.74, 6) is 0. The summed E-state index contributed by atoms with van der Waals surface area (Å²) in [6, 6.07) is 11.1. The molecule has 154 valence electrons. The van der Waals surface area contributed by atoms with Crippen LogP contribution in [0.1, 0.15) is 17.5 Å². The Kier molecular flexibility index (Phi) is 8.34. The van der Waals surface area contributed by atoms with E-state index < -0.39 is 6.29 Å². The lowest BCUT2D eigenvalue weighted by Gasteiger charge is -2.24. The van der Waals surface area contributed by atoms with Crippen molar-refractivity contribution in [2.45, 2.75) is 25.7 Å². The molecule has 2 rings (SSSR count). The molecule has 0 aliphatic rings. The van der Waals surface area contributed by atoms with Crippen molar-refractivity contribution in [3.8, 4) is 0 Å². The monoisotopic (exact) mass is 390 g/mol. The summed E-state index contributed by atoms with van der Waals surface area (Å²) in [5, 5.41) is 40.1. The predicted octanol–water partition coefficient (Wildman–Crippen LogP) is 0.497. The van der Waals surface area contributed by atoms with Gasteiger partial charge in [-0.25, -0.2) is 0 Å². The third-order valence-corrected chi connectivity index (χ3v) is 4.58. The molecule has 2 aromatic rings. The zero-order valence-corrected chi connectivity index (χ0v) is 15.9. The lowest BCUT2D eigenvalue weighted by Crippen LogP contribution is -2.29. The van der Waals surface area contributed by atoms with E-state index in [1.54, 1.807) is 12.1 Å². The molecule has 8 heteroatoms. The Morgan fingerprint density at radius 1 is 0.929 bits per heavy atom. The number of aliphatic hydroxyl groups is 4. The van der Waals surface area contributed by atoms with E-state index in [-0.39, 0.29) is 19.6 Å². The Morgan fingerprint density at radius 2 is 1.57 bits per heavy atom. The van der Waals surface area contributed by atoms with Gasteiger partial charge in [-0.2, -0.15) is 0 Å². The number of nitrogens with zero attached hydrogens (tertiary/aromatic N) is 1. The second-order valence-corrected chi connectivity index (χ2v) is 6.56. The van der Waals surface area contributed by atoms with Crippen LogP contribution >= 0.6 is 0 Å². The van der Waals surface area contributed by atoms with E-state index in [0.29, 0.717) is 37.4 Å². The normalized spacial score (nSPS) is 11.0. The van der Waals surface area contributed by atoms with E-state index in [1.807, 2.05) is 29.2 Å². The molecule has 0 heterocycles. The molecule has 0 unspecified atom stereocenters. The number of nitrogens with two attached hydrogens (primary N) is 2. The zero-order chi connectivity index (χ0) is 20.5. The number of aliphatic hydroxyl groups excluding tert-OH is 3. The molecule has 2 aromatic carbocycles. The van der Waals surface area contributed by atoms with E-state index in [9.17, 15) is 20.4 Å². The maximum Gasteiger partial charge on any atom is 0.151 e. The number of nitrogen functional groups attached to an aromatic ring is 2. The van der Waals surface area contributed by atoms with Gasteiger partial charge in [0.1, 0.15) is 0 Å². The Balaban J connectivity index is 2.18. The summed E-state index contributed by atoms with van der Waals surface area (Å²) in [7, 11) is 0. The van der Waals surface area contributed by atoms with Crippen LogP contribution < -0.4 is 21.7 Å². The molecule has 0 aliphatic carbocycles. The van der Waals surface area contributed by atoms with Gasteiger partial charge >= 0.3 is 0 Å². The fraction of sp³-hybridized carbons (Fsp3) is 0.400. The van der Waals surface area contributed by atoms with Gasteiger partial charge in [-0.05, 0) is 47.9 Å². The standard InChI is InChI=1S/C20H30N4O4/c21-18-5-6-19(22)17(16(18)4-7-20(27)28)13-23-14-2-1-3-15(12-14)24(8-10-25)9-11-26/h1-3,5-6,12,20,23,25-28H,4,7-11,13,21-22H2. The molecule has 0 aliphatic heterocycles. The lowest BCUT2D eigenvalue weighted by molar-refractivity contribution is -0.0446. The highest BCUT2D eigenvalue weighted by Crippen LogP contribution is 2.27. The third-order valence-electron chi connectivity index (χ3n) is 4.58. The van der Waals surface area contributed by atoms with Gasteiger partial charge in [0, 0.05) is 48.8 Å². The highest BCUT2D eigenvalue weighted by Gasteiger charge is 2.12. The van der Waals surface area contributed by atoms with E-state index in [1.165, 1.54) is 0 Å². The SMILES string of the molecule is Nc1ccc(N)c(CNc2cccc(N(CCO)CCO)c2)c1CCC(O)O. The Morgan fingerprint density at radius 3 is 2.18 bits per heavy atom. The number of anilines is 4. The van der Waals surface area contributed by atoms with Gasteiger partial charge in [0.05, 0.1) is 13.2 Å². The summed E-state index contributed by atoms with van der Waals surface area (Å²) in [6.45, 7) is 1.28. The van der Waals surface area contributed by atoms with Crippen molar-refractivity contribution in [3.63, 3.8) is 0 Å². The Bertz CT molecular complexity index is 749. The lowest BCUT2D eigenvalue weighted by atomic mass is 9.98. The maximum atomic E-state index is 9.22. The first-order valence-electron chi connectivity index (χ1n) is 9.28. The molecule has 8 nitrogen and oxygen atoms in total. The highest BCUT2D eigenvalue weighted by atomic mass is 16.5. The molecule has 0 saturated carbocycles. The predicted molar refractivity (Wildman–Crippen MR) is 112 cm³/mol. The van der Waals surface area contributed by atoms with Gasteiger partial charge in [0.25, 0.3) is 0 Å². The molecule has 0 radical (unpaired) electrons. The molecular formula is C20H30N4O4. The van der Waals surface area contributed by atoms with Gasteiger partial charge in [-0.15, -0.1) is 0 Å². The topological polar surface area (TPSA) is 148 Å². The maximum absolute atomic E-state index is 9.22. The highest BCUT2D eigenvalue weighted by molar-refractivity contribution is 5.64. The van der Waals surface area contributed by atoms with E-state index in [2.05, 4.69) is 5.32 Å². The first-order chi connectivity index (χ1) is 13.5. The van der Waals surface area contributed by atoms with Crippen LogP contribution in [0.2, 0.25) is 0 Å². The quantitative estimate of drug-likeness (QED) is 0.217. The molecule has 0 fully saturated rings. The smallest absolute Gasteiger partial charge is 0.151 e. The minimum Gasteiger partial charge on any atom is -0.398 e. The van der Waals surface area contributed by atoms with E-state index in [0.717, 1.165) is 22.5 Å². The fourth-order valence-electron chi connectivity index (χ4n) is 3.12. The summed E-state index contributed by atoms with van der Waals surface area (Å²) in [6.07, 6.45) is -0.817. The first-order valence-corrected chi connectivity index (χ1v) is 9.28. The average Bonchev–Trinajstić information content (AvgIpc) is 2.67. The van der Waals surface area contributed by atoms with Crippen molar-refractivity contribution >= 4 is 22.7 Å². The summed E-state index contributed by atoms with van der Waals surface area (Å²) < 4.78 is 0. The summed E-state index contributed by atoms with van der Waals surface area (Å²) in [4.78, 5) is 1.90. The Hall–Kier alpha value is -2.52. The minimum absolute atomic E-state index is 0.00243. The molecule has 0 spiro atoms. The Labute approximate surface area is 165 Å². The van der Waals surface area contributed by atoms with Crippen LogP contribution in [-0.2, 0) is 13.0 Å². The van der Waals surface area contributed by atoms with Crippen LogP contribution in [0.5, 0.6) is 0 Å². The number of benzene rings is 2. The van der Waals surface area contributed by atoms with Crippen molar-refractivity contribution in [1.82, 2.24) is 0 Å². The van der Waals surface area contributed by atoms with E-state index in [4.69, 9.17) is 11.5 Å². The number of hydrogen-bond donors (Lipinski definition) is 7. The molecule has 0 atom stereocenters. The second kappa shape index (κ2) is 10.7. The van der Waals surface area contributed by atoms with Crippen molar-refractivity contribution in [1.29, 1.82) is 0 Å². The molecule has 0 amide bonds. The molecular weight excluding hydrogens is 360 g/mol. The molecule has 0 aromatic heterocycles. The second-order valence-electron chi connectivity index (χ2n) is 6.56. The van der Waals surface area contributed by atoms with Crippen molar-refractivity contribution in [2.75, 3.05) is 48.0 Å². The zero-order valence-electron chi connectivity index (χ0n) is 15.9. The summed E-state index contributed by atoms with van der Waals surface area (Å²) in [5.41, 5.74) is 16.7. The third kappa shape index (κ3) is 6.00. The van der Waals surface area contributed by atoms with Gasteiger partial charge in [-0.3, -0.25) is 0 Å². The van der Waals surface area contributed by atoms with Crippen molar-refractivity contribution < 1.29 is 20.4 Å². The van der Waals surface area contributed by atoms with Crippen LogP contribution in [0, 0.1) is 0 Å². The fourth-order valence-corrected chi connectivity index (χ4v) is 3.12. The largest absolute Gasteiger partial charge is 0.398 e. The average molecular weight is 390 g/mol. The van der Waals surface area contributed by atoms with Crippen molar-refractivity contribution in [2.24, 2.45) is 0 Å². The van der Waals surface area contributed by atoms with Crippen LogP contribution in [0.3, 0.4) is 0 Å². The minimum atomic E-state index is -1.40. The van der Waals surface area contributed by atoms with E-state index >= 15 is 0 Å². The van der Waals surface area contributed by atoms with Gasteiger partial charge in [0.15, 0.2) is 6.29 Å².